The maximum absolute atomic E-state index is 11.1. The Bertz CT molecular complexity index is 437. The highest BCUT2D eigenvalue weighted by Gasteiger charge is 2.11. The van der Waals surface area contributed by atoms with Crippen molar-refractivity contribution in [2.45, 2.75) is 25.8 Å². The molecule has 0 radical (unpaired) electrons. The van der Waals surface area contributed by atoms with Crippen LogP contribution in [0, 0.1) is 6.92 Å². The first kappa shape index (κ1) is 14.2. The van der Waals surface area contributed by atoms with Gasteiger partial charge in [0.05, 0.1) is 5.75 Å². The summed E-state index contributed by atoms with van der Waals surface area (Å²) in [5.41, 5.74) is 2.48. The van der Waals surface area contributed by atoms with Crippen LogP contribution in [0.3, 0.4) is 0 Å². The first-order valence-electron chi connectivity index (χ1n) is 5.81. The molecule has 0 aromatic heterocycles. The topological polar surface area (TPSA) is 46.2 Å². The van der Waals surface area contributed by atoms with E-state index in [1.807, 2.05) is 7.05 Å². The summed E-state index contributed by atoms with van der Waals surface area (Å²) >= 11 is 0. The molecule has 96 valence electrons. The summed E-state index contributed by atoms with van der Waals surface area (Å²) in [6.45, 7) is 2.06. The summed E-state index contributed by atoms with van der Waals surface area (Å²) in [6, 6.07) is 8.57. The van der Waals surface area contributed by atoms with Gasteiger partial charge in [0.1, 0.15) is 9.84 Å². The third-order valence-corrected chi connectivity index (χ3v) is 3.83. The number of hydrogen-bond acceptors (Lipinski definition) is 3. The lowest BCUT2D eigenvalue weighted by Gasteiger charge is -2.15. The molecule has 1 N–H and O–H groups in total. The highest BCUT2D eigenvalue weighted by molar-refractivity contribution is 7.90. The van der Waals surface area contributed by atoms with Crippen molar-refractivity contribution in [3.05, 3.63) is 35.4 Å². The molecule has 17 heavy (non-hydrogen) atoms. The maximum Gasteiger partial charge on any atom is 0.147 e. The van der Waals surface area contributed by atoms with E-state index in [0.717, 1.165) is 6.42 Å². The van der Waals surface area contributed by atoms with Crippen LogP contribution in [0.2, 0.25) is 0 Å². The van der Waals surface area contributed by atoms with Gasteiger partial charge in [0, 0.05) is 12.3 Å². The molecule has 4 heteroatoms. The van der Waals surface area contributed by atoms with Crippen LogP contribution in [0.4, 0.5) is 0 Å². The van der Waals surface area contributed by atoms with Crippen LogP contribution in [0.15, 0.2) is 24.3 Å². The molecule has 0 fully saturated rings. The summed E-state index contributed by atoms with van der Waals surface area (Å²) in [5, 5.41) is 3.17. The largest absolute Gasteiger partial charge is 0.317 e. The SMILES string of the molecule is CNC(CCS(C)(=O)=O)Cc1ccc(C)cc1. The van der Waals surface area contributed by atoms with Gasteiger partial charge < -0.3 is 5.32 Å². The van der Waals surface area contributed by atoms with E-state index in [2.05, 4.69) is 36.5 Å². The Balaban J connectivity index is 2.55. The van der Waals surface area contributed by atoms with Crippen molar-refractivity contribution in [3.8, 4) is 0 Å². The molecule has 0 aliphatic heterocycles. The first-order valence-corrected chi connectivity index (χ1v) is 7.87. The molecule has 1 unspecified atom stereocenters. The van der Waals surface area contributed by atoms with Gasteiger partial charge in [-0.2, -0.15) is 0 Å². The van der Waals surface area contributed by atoms with Crippen LogP contribution >= 0.6 is 0 Å². The lowest BCUT2D eigenvalue weighted by Crippen LogP contribution is -2.29. The van der Waals surface area contributed by atoms with Crippen molar-refractivity contribution < 1.29 is 8.42 Å². The Hall–Kier alpha value is -0.870. The van der Waals surface area contributed by atoms with E-state index < -0.39 is 9.84 Å². The van der Waals surface area contributed by atoms with Gasteiger partial charge in [0.15, 0.2) is 0 Å². The second-order valence-electron chi connectivity index (χ2n) is 4.59. The van der Waals surface area contributed by atoms with E-state index in [1.165, 1.54) is 17.4 Å². The van der Waals surface area contributed by atoms with E-state index in [4.69, 9.17) is 0 Å². The maximum atomic E-state index is 11.1. The third-order valence-electron chi connectivity index (χ3n) is 2.85. The molecule has 0 saturated carbocycles. The molecule has 0 amide bonds. The second-order valence-corrected chi connectivity index (χ2v) is 6.85. The zero-order valence-corrected chi connectivity index (χ0v) is 11.5. The van der Waals surface area contributed by atoms with Gasteiger partial charge in [-0.3, -0.25) is 0 Å². The van der Waals surface area contributed by atoms with E-state index in [0.29, 0.717) is 6.42 Å². The monoisotopic (exact) mass is 255 g/mol. The molecule has 0 bridgehead atoms. The van der Waals surface area contributed by atoms with Crippen LogP contribution in [-0.4, -0.2) is 33.5 Å². The molecule has 1 aromatic rings. The minimum Gasteiger partial charge on any atom is -0.317 e. The van der Waals surface area contributed by atoms with Crippen molar-refractivity contribution in [1.82, 2.24) is 5.32 Å². The van der Waals surface area contributed by atoms with Gasteiger partial charge in [0.25, 0.3) is 0 Å². The van der Waals surface area contributed by atoms with Crippen molar-refractivity contribution in [3.63, 3.8) is 0 Å². The van der Waals surface area contributed by atoms with Gasteiger partial charge in [0.2, 0.25) is 0 Å². The van der Waals surface area contributed by atoms with Crippen molar-refractivity contribution in [2.75, 3.05) is 19.1 Å². The van der Waals surface area contributed by atoms with Crippen LogP contribution in [0.1, 0.15) is 17.5 Å². The lowest BCUT2D eigenvalue weighted by atomic mass is 10.0. The summed E-state index contributed by atoms with van der Waals surface area (Å²) < 4.78 is 22.2. The van der Waals surface area contributed by atoms with Crippen molar-refractivity contribution in [2.24, 2.45) is 0 Å². The Morgan fingerprint density at radius 1 is 1.24 bits per heavy atom. The van der Waals surface area contributed by atoms with Gasteiger partial charge >= 0.3 is 0 Å². The molecule has 0 aliphatic rings. The fraction of sp³-hybridized carbons (Fsp3) is 0.538. The predicted molar refractivity (Wildman–Crippen MR) is 72.1 cm³/mol. The number of aryl methyl sites for hydroxylation is 1. The highest BCUT2D eigenvalue weighted by atomic mass is 32.2. The third kappa shape index (κ3) is 5.84. The Morgan fingerprint density at radius 3 is 2.29 bits per heavy atom. The first-order chi connectivity index (χ1) is 7.90. The van der Waals surface area contributed by atoms with Crippen LogP contribution in [-0.2, 0) is 16.3 Å². The highest BCUT2D eigenvalue weighted by Crippen LogP contribution is 2.08. The number of sulfone groups is 1. The standard InChI is InChI=1S/C13H21NO2S/c1-11-4-6-12(7-5-11)10-13(14-2)8-9-17(3,15)16/h4-7,13-14H,8-10H2,1-3H3. The summed E-state index contributed by atoms with van der Waals surface area (Å²) in [7, 11) is -0.992. The molecule has 3 nitrogen and oxygen atoms in total. The van der Waals surface area contributed by atoms with E-state index in [9.17, 15) is 8.42 Å². The molecule has 0 spiro atoms. The lowest BCUT2D eigenvalue weighted by molar-refractivity contribution is 0.534. The molecular formula is C13H21NO2S. The molecule has 1 atom stereocenters. The van der Waals surface area contributed by atoms with Crippen LogP contribution in [0.5, 0.6) is 0 Å². The van der Waals surface area contributed by atoms with Crippen molar-refractivity contribution in [1.29, 1.82) is 0 Å². The van der Waals surface area contributed by atoms with E-state index >= 15 is 0 Å². The Morgan fingerprint density at radius 2 is 1.82 bits per heavy atom. The van der Waals surface area contributed by atoms with Crippen molar-refractivity contribution >= 4 is 9.84 Å². The minimum absolute atomic E-state index is 0.215. The molecular weight excluding hydrogens is 234 g/mol. The van der Waals surface area contributed by atoms with E-state index in [1.54, 1.807) is 0 Å². The molecule has 0 saturated heterocycles. The number of nitrogens with one attached hydrogen (secondary N) is 1. The average Bonchev–Trinajstić information content (AvgIpc) is 2.25. The number of hydrogen-bond donors (Lipinski definition) is 1. The molecule has 0 heterocycles. The molecule has 1 rings (SSSR count). The van der Waals surface area contributed by atoms with Crippen LogP contribution in [0.25, 0.3) is 0 Å². The summed E-state index contributed by atoms with van der Waals surface area (Å²) in [6.07, 6.45) is 2.81. The number of benzene rings is 1. The van der Waals surface area contributed by atoms with Gasteiger partial charge in [-0.25, -0.2) is 8.42 Å². The van der Waals surface area contributed by atoms with Gasteiger partial charge in [-0.15, -0.1) is 0 Å². The Kier molecular flexibility index (Phi) is 5.15. The summed E-state index contributed by atoms with van der Waals surface area (Å²) in [4.78, 5) is 0. The minimum atomic E-state index is -2.87. The molecule has 0 aliphatic carbocycles. The quantitative estimate of drug-likeness (QED) is 0.839. The fourth-order valence-electron chi connectivity index (χ4n) is 1.71. The molecule has 1 aromatic carbocycles. The zero-order chi connectivity index (χ0) is 12.9. The van der Waals surface area contributed by atoms with Crippen LogP contribution < -0.4 is 5.32 Å². The second kappa shape index (κ2) is 6.17. The zero-order valence-electron chi connectivity index (χ0n) is 10.7. The van der Waals surface area contributed by atoms with E-state index in [-0.39, 0.29) is 11.8 Å². The fourth-order valence-corrected chi connectivity index (χ4v) is 2.43. The van der Waals surface area contributed by atoms with Gasteiger partial charge in [-0.05, 0) is 32.4 Å². The smallest absolute Gasteiger partial charge is 0.147 e. The normalized spacial score (nSPS) is 13.6. The average molecular weight is 255 g/mol. The summed E-state index contributed by atoms with van der Waals surface area (Å²) in [5.74, 6) is 0.240. The number of rotatable bonds is 6. The predicted octanol–water partition coefficient (Wildman–Crippen LogP) is 1.56. The number of likely N-dealkylation sites (N-methyl/N-ethyl adjacent to an activating group) is 1. The Labute approximate surface area is 104 Å². The van der Waals surface area contributed by atoms with Gasteiger partial charge in [-0.1, -0.05) is 29.8 Å².